The molecule has 0 spiro atoms. The summed E-state index contributed by atoms with van der Waals surface area (Å²) in [5.41, 5.74) is 1.29. The maximum absolute atomic E-state index is 14.2. The fourth-order valence-electron chi connectivity index (χ4n) is 17.8. The molecule has 36 atom stereocenters. The van der Waals surface area contributed by atoms with E-state index in [1.807, 2.05) is 84.9 Å². The van der Waals surface area contributed by atoms with Crippen LogP contribution in [-0.4, -0.2) is 304 Å². The fraction of sp³-hybridized carbons (Fsp3) is 0.843. The molecule has 7 aliphatic rings. The molecule has 28 heteroatoms. The van der Waals surface area contributed by atoms with Crippen LogP contribution in [0, 0.1) is 35.5 Å². The predicted molar refractivity (Wildman–Crippen MR) is 436 cm³/mol. The molecule has 7 heterocycles. The van der Waals surface area contributed by atoms with Crippen molar-refractivity contribution in [2.45, 2.75) is 381 Å². The third kappa shape index (κ3) is 32.2. The van der Waals surface area contributed by atoms with Crippen LogP contribution >= 0.6 is 0 Å². The number of cyclic esters (lactones) is 2. The van der Waals surface area contributed by atoms with Gasteiger partial charge in [-0.25, -0.2) is 9.59 Å². The van der Waals surface area contributed by atoms with Crippen molar-refractivity contribution in [1.82, 2.24) is 0 Å². The van der Waals surface area contributed by atoms with Crippen molar-refractivity contribution < 1.29 is 136 Å². The standard InChI is InChI=1S/C89H150O28/c1-50-24-30-68(114-88-84(99)86(106-16)74(94)48-108-88)42-62-20-18-22-64(112-62)46-75(103-13)56(7)72(92)38-60(90)41-78(59(10)83(98)53(4)29-33-67-45-71(102-12)37-55(6)111-67)117-81(96)35-27-51(2)25-31-69(115-89-85(100)87(107-17)79(105-15)49-109-89)43-63-21-19-23-65(113-63)47-76(104-14)57(8)73(93)39-61(91)40-77(116-80(95)34-26-50)58(9)82(97)52(3)28-32-66-44-70(101-11)36-54(5)110-66/h18-21,24-27,34-35,52-79,82-94,97-100H,22-23,28-33,36-49H2,1-17H3. The van der Waals surface area contributed by atoms with E-state index in [-0.39, 0.29) is 113 Å². The molecule has 4 fully saturated rings. The van der Waals surface area contributed by atoms with Crippen LogP contribution < -0.4 is 0 Å². The highest BCUT2D eigenvalue weighted by Gasteiger charge is 2.45. The Bertz CT molecular complexity index is 3020. The first-order chi connectivity index (χ1) is 55.8. The van der Waals surface area contributed by atoms with Crippen LogP contribution in [0.4, 0.5) is 0 Å². The first-order valence-electron chi connectivity index (χ1n) is 43.2. The average Bonchev–Trinajstić information content (AvgIpc) is 0.838. The Morgan fingerprint density at radius 1 is 0.427 bits per heavy atom. The fourth-order valence-corrected chi connectivity index (χ4v) is 17.8. The molecule has 4 saturated heterocycles. The molecule has 28 nitrogen and oxygen atoms in total. The molecule has 0 aliphatic carbocycles. The number of carbonyl (C=O) groups is 2. The second-order valence-electron chi connectivity index (χ2n) is 34.7. The monoisotopic (exact) mass is 1670 g/mol. The van der Waals surface area contributed by atoms with Gasteiger partial charge in [-0.1, -0.05) is 101 Å². The number of allylic oxidation sites excluding steroid dienone is 4. The molecule has 0 aromatic heterocycles. The number of aliphatic hydroxyl groups is 9. The number of carbonyl (C=O) groups excluding carboxylic acids is 2. The van der Waals surface area contributed by atoms with E-state index < -0.39 is 182 Å². The van der Waals surface area contributed by atoms with Gasteiger partial charge in [-0.05, 0) is 129 Å². The predicted octanol–water partition coefficient (Wildman–Crippen LogP) is 8.51. The molecule has 0 saturated carbocycles. The van der Waals surface area contributed by atoms with Crippen molar-refractivity contribution in [3.05, 3.63) is 71.9 Å². The zero-order chi connectivity index (χ0) is 85.7. The molecule has 0 amide bonds. The minimum atomic E-state index is -1.36. The highest BCUT2D eigenvalue weighted by atomic mass is 16.7. The van der Waals surface area contributed by atoms with Gasteiger partial charge in [-0.3, -0.25) is 0 Å². The van der Waals surface area contributed by atoms with Gasteiger partial charge in [-0.2, -0.15) is 0 Å². The van der Waals surface area contributed by atoms with E-state index in [9.17, 15) is 55.5 Å². The SMILES string of the molecule is COC1CC(C)OC(CCC(C)C(O)C(C)C2CC(O)CC(O)C(C)C(OC)CC3CC=CC(CC(OC4OCC(O)C(OC)C4O)CC=C(C)C=CC(=O)OC(C(C)C(O)C(C)CCC4CC(OC)CC(C)O4)CC(O)CC(O)C(C)C(OC)CC4CC=CC(CC(OC5OCC(OC)C(OC)C5O)CC=C(C)C=CC(=O)O2)O4)O3)C1. The summed E-state index contributed by atoms with van der Waals surface area (Å²) in [4.78, 5) is 28.4. The molecule has 117 heavy (non-hydrogen) atoms. The van der Waals surface area contributed by atoms with E-state index in [1.54, 1.807) is 61.4 Å². The number of ether oxygens (including phenoxy) is 17. The number of esters is 2. The lowest BCUT2D eigenvalue weighted by molar-refractivity contribution is -0.290. The minimum absolute atomic E-state index is 0.0170. The number of hydrogen-bond acceptors (Lipinski definition) is 28. The van der Waals surface area contributed by atoms with Gasteiger partial charge in [0, 0.05) is 124 Å². The molecular formula is C89H150O28. The lowest BCUT2D eigenvalue weighted by Gasteiger charge is -2.40. The Morgan fingerprint density at radius 2 is 0.829 bits per heavy atom. The summed E-state index contributed by atoms with van der Waals surface area (Å²) in [6.45, 7) is 18.8. The van der Waals surface area contributed by atoms with Gasteiger partial charge in [0.1, 0.15) is 48.8 Å². The number of methoxy groups -OCH3 is 7. The van der Waals surface area contributed by atoms with Crippen molar-refractivity contribution in [2.75, 3.05) is 63.0 Å². The maximum atomic E-state index is 14.2. The van der Waals surface area contributed by atoms with Gasteiger partial charge in [0.2, 0.25) is 0 Å². The first-order valence-corrected chi connectivity index (χ1v) is 43.2. The summed E-state index contributed by atoms with van der Waals surface area (Å²) in [7, 11) is 10.9. The minimum Gasteiger partial charge on any atom is -0.459 e. The number of fused-ring (bicyclic) bond motifs is 4. The Balaban J connectivity index is 1.17. The zero-order valence-electron chi connectivity index (χ0n) is 72.9. The van der Waals surface area contributed by atoms with Gasteiger partial charge >= 0.3 is 11.9 Å². The van der Waals surface area contributed by atoms with E-state index in [0.29, 0.717) is 62.5 Å². The highest BCUT2D eigenvalue weighted by Crippen LogP contribution is 2.37. The lowest BCUT2D eigenvalue weighted by atomic mass is 9.83. The summed E-state index contributed by atoms with van der Waals surface area (Å²) in [6, 6.07) is 0. The van der Waals surface area contributed by atoms with Crippen LogP contribution in [0.5, 0.6) is 0 Å². The van der Waals surface area contributed by atoms with E-state index >= 15 is 0 Å². The normalized spacial score (nSPS) is 40.3. The second-order valence-corrected chi connectivity index (χ2v) is 34.7. The summed E-state index contributed by atoms with van der Waals surface area (Å²) in [5, 5.41) is 106. The third-order valence-electron chi connectivity index (χ3n) is 25.5. The summed E-state index contributed by atoms with van der Waals surface area (Å²) < 4.78 is 104. The van der Waals surface area contributed by atoms with Gasteiger partial charge in [0.25, 0.3) is 0 Å². The van der Waals surface area contributed by atoms with Crippen molar-refractivity contribution in [2.24, 2.45) is 35.5 Å². The maximum Gasteiger partial charge on any atom is 0.331 e. The first kappa shape index (κ1) is 101. The van der Waals surface area contributed by atoms with Crippen LogP contribution in [0.2, 0.25) is 0 Å². The molecule has 9 N–H and O–H groups in total. The molecule has 0 radical (unpaired) electrons. The largest absolute Gasteiger partial charge is 0.459 e. The van der Waals surface area contributed by atoms with Crippen molar-refractivity contribution >= 4 is 11.9 Å². The Labute approximate surface area is 696 Å². The number of aliphatic hydroxyl groups excluding tert-OH is 9. The average molecular weight is 1670 g/mol. The molecule has 7 aliphatic heterocycles. The topological polar surface area (TPSA) is 373 Å². The Kier molecular flexibility index (Phi) is 43.8. The van der Waals surface area contributed by atoms with Crippen LogP contribution in [-0.2, 0) is 90.1 Å². The number of hydrogen-bond donors (Lipinski definition) is 9. The van der Waals surface area contributed by atoms with Crippen LogP contribution in [0.1, 0.15) is 198 Å². The van der Waals surface area contributed by atoms with E-state index in [4.69, 9.17) is 80.5 Å². The highest BCUT2D eigenvalue weighted by molar-refractivity contribution is 5.83. The Hall–Kier alpha value is -3.58. The van der Waals surface area contributed by atoms with Crippen molar-refractivity contribution in [1.29, 1.82) is 0 Å². The molecular weight excluding hydrogens is 1520 g/mol. The second kappa shape index (κ2) is 51.0. The molecule has 0 aromatic rings. The molecule has 674 valence electrons. The summed E-state index contributed by atoms with van der Waals surface area (Å²) in [5.74, 6) is -4.46. The van der Waals surface area contributed by atoms with E-state index in [0.717, 1.165) is 25.7 Å². The van der Waals surface area contributed by atoms with E-state index in [2.05, 4.69) is 0 Å². The van der Waals surface area contributed by atoms with Gasteiger partial charge in [0.15, 0.2) is 12.6 Å². The van der Waals surface area contributed by atoms with Gasteiger partial charge < -0.3 is 126 Å². The molecule has 0 aromatic carbocycles. The quantitative estimate of drug-likeness (QED) is 0.0342. The van der Waals surface area contributed by atoms with Crippen LogP contribution in [0.3, 0.4) is 0 Å². The smallest absolute Gasteiger partial charge is 0.331 e. The van der Waals surface area contributed by atoms with Gasteiger partial charge in [0.05, 0.1) is 135 Å². The Morgan fingerprint density at radius 3 is 1.22 bits per heavy atom. The third-order valence-corrected chi connectivity index (χ3v) is 25.5. The lowest BCUT2D eigenvalue weighted by Crippen LogP contribution is -2.56. The van der Waals surface area contributed by atoms with E-state index in [1.165, 1.54) is 33.5 Å². The summed E-state index contributed by atoms with van der Waals surface area (Å²) >= 11 is 0. The van der Waals surface area contributed by atoms with Gasteiger partial charge in [-0.15, -0.1) is 0 Å². The zero-order valence-corrected chi connectivity index (χ0v) is 72.9. The van der Waals surface area contributed by atoms with Crippen molar-refractivity contribution in [3.8, 4) is 0 Å². The van der Waals surface area contributed by atoms with Crippen LogP contribution in [0.25, 0.3) is 0 Å². The molecule has 36 unspecified atom stereocenters. The molecule has 7 rings (SSSR count). The molecule has 4 bridgehead atoms. The number of rotatable bonds is 23. The summed E-state index contributed by atoms with van der Waals surface area (Å²) in [6.07, 6.45) is 4.02. The van der Waals surface area contributed by atoms with Crippen LogP contribution in [0.15, 0.2) is 71.9 Å². The van der Waals surface area contributed by atoms with Crippen molar-refractivity contribution in [3.63, 3.8) is 0 Å².